The molecule has 1 amide bonds. The highest BCUT2D eigenvalue weighted by molar-refractivity contribution is 5.86. The average Bonchev–Trinajstić information content (AvgIpc) is 2.35. The lowest BCUT2D eigenvalue weighted by Crippen LogP contribution is -2.49. The maximum atomic E-state index is 12.0. The van der Waals surface area contributed by atoms with Gasteiger partial charge < -0.3 is 15.8 Å². The Kier molecular flexibility index (Phi) is 7.68. The molecule has 0 radical (unpaired) electrons. The van der Waals surface area contributed by atoms with Crippen molar-refractivity contribution in [1.29, 1.82) is 0 Å². The molecule has 1 unspecified atom stereocenters. The van der Waals surface area contributed by atoms with E-state index in [4.69, 9.17) is 10.5 Å². The second kappa shape index (κ2) is 8.15. The van der Waals surface area contributed by atoms with E-state index in [0.29, 0.717) is 13.2 Å². The van der Waals surface area contributed by atoms with Crippen LogP contribution in [0.1, 0.15) is 26.3 Å². The number of hydrogen-bond donors (Lipinski definition) is 2. The fraction of sp³-hybridized carbons (Fsp3) is 0.500. The molecule has 5 heteroatoms. The summed E-state index contributed by atoms with van der Waals surface area (Å²) in [5.41, 5.74) is 5.85. The van der Waals surface area contributed by atoms with E-state index in [1.54, 1.807) is 6.92 Å². The fourth-order valence-electron chi connectivity index (χ4n) is 1.56. The number of amides is 1. The maximum Gasteiger partial charge on any atom is 0.244 e. The summed E-state index contributed by atoms with van der Waals surface area (Å²) in [5.74, 6) is -0.193. The first kappa shape index (κ1) is 17.9. The molecule has 1 atom stereocenters. The molecule has 4 nitrogen and oxygen atoms in total. The SMILES string of the molecule is CC(C)OCCNC(=O)C(C)(N)c1ccccc1.Cl. The summed E-state index contributed by atoms with van der Waals surface area (Å²) in [6.07, 6.45) is 0.167. The smallest absolute Gasteiger partial charge is 0.244 e. The lowest BCUT2D eigenvalue weighted by Gasteiger charge is -2.24. The highest BCUT2D eigenvalue weighted by Gasteiger charge is 2.29. The van der Waals surface area contributed by atoms with E-state index < -0.39 is 5.54 Å². The van der Waals surface area contributed by atoms with E-state index >= 15 is 0 Å². The number of benzene rings is 1. The van der Waals surface area contributed by atoms with Crippen LogP contribution in [0.3, 0.4) is 0 Å². The van der Waals surface area contributed by atoms with Gasteiger partial charge in [-0.2, -0.15) is 0 Å². The van der Waals surface area contributed by atoms with Crippen LogP contribution in [0.25, 0.3) is 0 Å². The number of carbonyl (C=O) groups is 1. The van der Waals surface area contributed by atoms with Crippen LogP contribution in [0.4, 0.5) is 0 Å². The molecule has 1 aromatic carbocycles. The van der Waals surface area contributed by atoms with Crippen LogP contribution in [0, 0.1) is 0 Å². The summed E-state index contributed by atoms with van der Waals surface area (Å²) >= 11 is 0. The minimum atomic E-state index is -1.01. The number of nitrogens with two attached hydrogens (primary N) is 1. The van der Waals surface area contributed by atoms with Crippen molar-refractivity contribution >= 4 is 18.3 Å². The molecule has 0 fully saturated rings. The molecule has 1 aromatic rings. The van der Waals surface area contributed by atoms with Crippen molar-refractivity contribution in [1.82, 2.24) is 5.32 Å². The zero-order valence-corrected chi connectivity index (χ0v) is 12.5. The number of hydrogen-bond acceptors (Lipinski definition) is 3. The lowest BCUT2D eigenvalue weighted by molar-refractivity contribution is -0.126. The summed E-state index contributed by atoms with van der Waals surface area (Å²) in [6.45, 7) is 6.59. The summed E-state index contributed by atoms with van der Waals surface area (Å²) in [5, 5.41) is 2.79. The van der Waals surface area contributed by atoms with Crippen LogP contribution < -0.4 is 11.1 Å². The molecule has 0 spiro atoms. The van der Waals surface area contributed by atoms with Crippen LogP contribution in [0.15, 0.2) is 30.3 Å². The summed E-state index contributed by atoms with van der Waals surface area (Å²) in [6, 6.07) is 9.34. The summed E-state index contributed by atoms with van der Waals surface area (Å²) < 4.78 is 5.36. The summed E-state index contributed by atoms with van der Waals surface area (Å²) in [4.78, 5) is 12.0. The third kappa shape index (κ3) is 5.59. The second-order valence-corrected chi connectivity index (χ2v) is 4.74. The highest BCUT2D eigenvalue weighted by Crippen LogP contribution is 2.16. The molecule has 1 rings (SSSR count). The van der Waals surface area contributed by atoms with Gasteiger partial charge in [-0.3, -0.25) is 4.79 Å². The van der Waals surface area contributed by atoms with Crippen LogP contribution in [0.2, 0.25) is 0 Å². The molecule has 0 saturated heterocycles. The normalized spacial score (nSPS) is 13.5. The highest BCUT2D eigenvalue weighted by atomic mass is 35.5. The van der Waals surface area contributed by atoms with Crippen LogP contribution >= 0.6 is 12.4 Å². The molecule has 0 aliphatic carbocycles. The van der Waals surface area contributed by atoms with Gasteiger partial charge in [-0.25, -0.2) is 0 Å². The first-order chi connectivity index (χ1) is 8.44. The molecular weight excluding hydrogens is 264 g/mol. The standard InChI is InChI=1S/C14H22N2O2.ClH/c1-11(2)18-10-9-16-13(17)14(3,15)12-7-5-4-6-8-12;/h4-8,11H,9-10,15H2,1-3H3,(H,16,17);1H. The number of halogens is 1. The number of carbonyl (C=O) groups excluding carboxylic acids is 1. The third-order valence-electron chi connectivity index (χ3n) is 2.68. The van der Waals surface area contributed by atoms with Crippen molar-refractivity contribution in [2.75, 3.05) is 13.2 Å². The van der Waals surface area contributed by atoms with Crippen molar-refractivity contribution in [3.8, 4) is 0 Å². The predicted octanol–water partition coefficient (Wildman–Crippen LogP) is 1.82. The molecule has 0 aliphatic heterocycles. The van der Waals surface area contributed by atoms with Gasteiger partial charge in [-0.05, 0) is 26.3 Å². The third-order valence-corrected chi connectivity index (χ3v) is 2.68. The fourth-order valence-corrected chi connectivity index (χ4v) is 1.56. The molecule has 0 aromatic heterocycles. The largest absolute Gasteiger partial charge is 0.377 e. The first-order valence-corrected chi connectivity index (χ1v) is 6.19. The molecule has 3 N–H and O–H groups in total. The Balaban J connectivity index is 0.00000324. The topological polar surface area (TPSA) is 64.3 Å². The van der Waals surface area contributed by atoms with Gasteiger partial charge in [-0.15, -0.1) is 12.4 Å². The van der Waals surface area contributed by atoms with Crippen LogP contribution in [0.5, 0.6) is 0 Å². The van der Waals surface area contributed by atoms with Crippen LogP contribution in [-0.4, -0.2) is 25.2 Å². The monoisotopic (exact) mass is 286 g/mol. The maximum absolute atomic E-state index is 12.0. The molecule has 0 saturated carbocycles. The molecule has 108 valence electrons. The molecular formula is C14H23ClN2O2. The lowest BCUT2D eigenvalue weighted by atomic mass is 9.92. The van der Waals surface area contributed by atoms with Gasteiger partial charge in [0.2, 0.25) is 5.91 Å². The van der Waals surface area contributed by atoms with E-state index in [-0.39, 0.29) is 24.4 Å². The molecule has 19 heavy (non-hydrogen) atoms. The van der Waals surface area contributed by atoms with Gasteiger partial charge >= 0.3 is 0 Å². The number of nitrogens with one attached hydrogen (secondary N) is 1. The van der Waals surface area contributed by atoms with E-state index in [1.165, 1.54) is 0 Å². The quantitative estimate of drug-likeness (QED) is 0.784. The number of rotatable bonds is 6. The second-order valence-electron chi connectivity index (χ2n) is 4.74. The molecule has 0 bridgehead atoms. The zero-order valence-electron chi connectivity index (χ0n) is 11.7. The Morgan fingerprint density at radius 2 is 1.95 bits per heavy atom. The van der Waals surface area contributed by atoms with Gasteiger partial charge in [-0.1, -0.05) is 30.3 Å². The van der Waals surface area contributed by atoms with E-state index in [2.05, 4.69) is 5.32 Å². The predicted molar refractivity (Wildman–Crippen MR) is 79.3 cm³/mol. The Morgan fingerprint density at radius 3 is 2.47 bits per heavy atom. The first-order valence-electron chi connectivity index (χ1n) is 6.19. The Labute approximate surface area is 121 Å². The van der Waals surface area contributed by atoms with Gasteiger partial charge in [0.1, 0.15) is 5.54 Å². The number of ether oxygens (including phenoxy) is 1. The van der Waals surface area contributed by atoms with Gasteiger partial charge in [0.05, 0.1) is 12.7 Å². The Hall–Kier alpha value is -1.10. The molecule has 0 aliphatic rings. The van der Waals surface area contributed by atoms with Crippen molar-refractivity contribution in [3.05, 3.63) is 35.9 Å². The minimum absolute atomic E-state index is 0. The van der Waals surface area contributed by atoms with Crippen molar-refractivity contribution in [2.24, 2.45) is 5.73 Å². The van der Waals surface area contributed by atoms with Crippen molar-refractivity contribution in [2.45, 2.75) is 32.4 Å². The van der Waals surface area contributed by atoms with E-state index in [1.807, 2.05) is 44.2 Å². The zero-order chi connectivity index (χ0) is 13.6. The Bertz CT molecular complexity index is 380. The van der Waals surface area contributed by atoms with Gasteiger partial charge in [0.25, 0.3) is 0 Å². The van der Waals surface area contributed by atoms with Crippen molar-refractivity contribution in [3.63, 3.8) is 0 Å². The average molecular weight is 287 g/mol. The van der Waals surface area contributed by atoms with E-state index in [9.17, 15) is 4.79 Å². The van der Waals surface area contributed by atoms with Gasteiger partial charge in [0, 0.05) is 6.54 Å². The minimum Gasteiger partial charge on any atom is -0.377 e. The van der Waals surface area contributed by atoms with Crippen LogP contribution in [-0.2, 0) is 15.1 Å². The van der Waals surface area contributed by atoms with Gasteiger partial charge in [0.15, 0.2) is 0 Å². The molecule has 0 heterocycles. The van der Waals surface area contributed by atoms with E-state index in [0.717, 1.165) is 5.56 Å². The summed E-state index contributed by atoms with van der Waals surface area (Å²) in [7, 11) is 0. The Morgan fingerprint density at radius 1 is 1.37 bits per heavy atom. The van der Waals surface area contributed by atoms with Crippen molar-refractivity contribution < 1.29 is 9.53 Å².